The molecule has 1 saturated heterocycles. The van der Waals surface area contributed by atoms with E-state index in [0.29, 0.717) is 12.2 Å². The number of aryl methyl sites for hydroxylation is 2. The van der Waals surface area contributed by atoms with Crippen LogP contribution in [0.3, 0.4) is 0 Å². The molecule has 6 heteroatoms. The highest BCUT2D eigenvalue weighted by atomic mass is 16.3. The van der Waals surface area contributed by atoms with E-state index in [9.17, 15) is 4.79 Å². The number of oxazole rings is 1. The van der Waals surface area contributed by atoms with Crippen molar-refractivity contribution in [3.05, 3.63) is 53.2 Å². The molecule has 1 unspecified atom stereocenters. The van der Waals surface area contributed by atoms with E-state index in [0.717, 1.165) is 67.8 Å². The number of benzene rings is 1. The summed E-state index contributed by atoms with van der Waals surface area (Å²) in [4.78, 5) is 19.5. The van der Waals surface area contributed by atoms with Crippen LogP contribution >= 0.6 is 0 Å². The lowest BCUT2D eigenvalue weighted by Gasteiger charge is -2.31. The molecule has 1 aliphatic heterocycles. The molecule has 0 bridgehead atoms. The summed E-state index contributed by atoms with van der Waals surface area (Å²) in [5, 5.41) is 8.53. The first-order valence-corrected chi connectivity index (χ1v) is 9.78. The fraction of sp³-hybridized carbons (Fsp3) is 0.429. The maximum Gasteiger partial charge on any atom is 0.274 e. The Balaban J connectivity index is 1.36. The molecule has 0 spiro atoms. The number of rotatable bonds is 2. The molecular formula is C21H22N4O2. The van der Waals surface area contributed by atoms with E-state index in [-0.39, 0.29) is 11.8 Å². The Kier molecular flexibility index (Phi) is 4.11. The summed E-state index contributed by atoms with van der Waals surface area (Å²) in [6.45, 7) is 1.36. The third-order valence-electron chi connectivity index (χ3n) is 5.66. The highest BCUT2D eigenvalue weighted by Gasteiger charge is 2.29. The minimum atomic E-state index is -0.0308. The summed E-state index contributed by atoms with van der Waals surface area (Å²) in [6, 6.07) is 9.74. The highest BCUT2D eigenvalue weighted by Crippen LogP contribution is 2.29. The van der Waals surface area contributed by atoms with Gasteiger partial charge in [-0.1, -0.05) is 12.1 Å². The third-order valence-corrected chi connectivity index (χ3v) is 5.66. The predicted molar refractivity (Wildman–Crippen MR) is 101 cm³/mol. The molecule has 27 heavy (non-hydrogen) atoms. The smallest absolute Gasteiger partial charge is 0.274 e. The van der Waals surface area contributed by atoms with Gasteiger partial charge >= 0.3 is 0 Å². The summed E-state index contributed by atoms with van der Waals surface area (Å²) in [6.07, 6.45) is 6.21. The van der Waals surface area contributed by atoms with Gasteiger partial charge in [-0.05, 0) is 62.3 Å². The maximum atomic E-state index is 13.0. The lowest BCUT2D eigenvalue weighted by molar-refractivity contribution is 0.0691. The molecule has 6 nitrogen and oxygen atoms in total. The summed E-state index contributed by atoms with van der Waals surface area (Å²) in [5.41, 5.74) is 4.38. The Labute approximate surface area is 157 Å². The third kappa shape index (κ3) is 3.09. The van der Waals surface area contributed by atoms with Crippen LogP contribution in [0.5, 0.6) is 0 Å². The molecule has 0 radical (unpaired) electrons. The second-order valence-corrected chi connectivity index (χ2v) is 7.52. The van der Waals surface area contributed by atoms with Gasteiger partial charge in [0.05, 0.1) is 11.6 Å². The first kappa shape index (κ1) is 16.4. The summed E-state index contributed by atoms with van der Waals surface area (Å²) >= 11 is 0. The van der Waals surface area contributed by atoms with Crippen LogP contribution in [0.25, 0.3) is 11.1 Å². The molecule has 138 valence electrons. The van der Waals surface area contributed by atoms with Crippen LogP contribution in [0.2, 0.25) is 0 Å². The summed E-state index contributed by atoms with van der Waals surface area (Å²) in [7, 11) is 0. The van der Waals surface area contributed by atoms with Crippen LogP contribution in [-0.4, -0.2) is 39.1 Å². The molecule has 5 rings (SSSR count). The van der Waals surface area contributed by atoms with Crippen molar-refractivity contribution in [3.8, 4) is 0 Å². The Morgan fingerprint density at radius 3 is 2.93 bits per heavy atom. The number of amides is 1. The van der Waals surface area contributed by atoms with Crippen molar-refractivity contribution < 1.29 is 9.21 Å². The minimum absolute atomic E-state index is 0.0308. The molecule has 0 N–H and O–H groups in total. The maximum absolute atomic E-state index is 13.0. The van der Waals surface area contributed by atoms with Crippen molar-refractivity contribution in [2.75, 3.05) is 13.1 Å². The Bertz CT molecular complexity index is 964. The second kappa shape index (κ2) is 6.76. The van der Waals surface area contributed by atoms with E-state index in [1.807, 2.05) is 35.2 Å². The molecule has 0 saturated carbocycles. The van der Waals surface area contributed by atoms with Crippen LogP contribution in [-0.2, 0) is 12.8 Å². The van der Waals surface area contributed by atoms with E-state index in [1.165, 1.54) is 5.56 Å². The molecule has 1 aromatic carbocycles. The van der Waals surface area contributed by atoms with Crippen molar-refractivity contribution in [1.29, 1.82) is 0 Å². The number of fused-ring (bicyclic) bond motifs is 2. The Hall–Kier alpha value is -2.76. The van der Waals surface area contributed by atoms with Gasteiger partial charge in [0.25, 0.3) is 5.91 Å². The van der Waals surface area contributed by atoms with Gasteiger partial charge < -0.3 is 9.32 Å². The first-order valence-electron chi connectivity index (χ1n) is 9.78. The van der Waals surface area contributed by atoms with Crippen LogP contribution in [0.15, 0.2) is 34.7 Å². The van der Waals surface area contributed by atoms with Crippen molar-refractivity contribution in [2.45, 2.75) is 44.4 Å². The van der Waals surface area contributed by atoms with E-state index in [4.69, 9.17) is 4.42 Å². The normalized spacial score (nSPS) is 19.9. The zero-order valence-corrected chi connectivity index (χ0v) is 15.2. The number of piperidine rings is 1. The summed E-state index contributed by atoms with van der Waals surface area (Å²) < 4.78 is 5.94. The van der Waals surface area contributed by atoms with Gasteiger partial charge in [-0.2, -0.15) is 5.10 Å². The zero-order valence-electron chi connectivity index (χ0n) is 15.2. The standard InChI is InChI=1S/C21H22N4O2/c26-21(18-12-14-6-1-2-8-16(14)23-24-18)25-11-5-7-15(13-25)20-22-17-9-3-4-10-19(17)27-20/h3-4,9-10,12,15H,1-2,5-8,11,13H2. The van der Waals surface area contributed by atoms with E-state index in [2.05, 4.69) is 15.2 Å². The average Bonchev–Trinajstić information content (AvgIpc) is 3.17. The Morgan fingerprint density at radius 2 is 2.00 bits per heavy atom. The number of para-hydroxylation sites is 2. The lowest BCUT2D eigenvalue weighted by Crippen LogP contribution is -2.39. The Morgan fingerprint density at radius 1 is 1.11 bits per heavy atom. The van der Waals surface area contributed by atoms with Crippen molar-refractivity contribution in [1.82, 2.24) is 20.1 Å². The number of hydrogen-bond donors (Lipinski definition) is 0. The first-order chi connectivity index (χ1) is 13.3. The number of hydrogen-bond acceptors (Lipinski definition) is 5. The van der Waals surface area contributed by atoms with Crippen molar-refractivity contribution in [3.63, 3.8) is 0 Å². The molecular weight excluding hydrogens is 340 g/mol. The fourth-order valence-corrected chi connectivity index (χ4v) is 4.18. The van der Waals surface area contributed by atoms with Crippen LogP contribution in [0.1, 0.15) is 59.2 Å². The molecule has 1 fully saturated rings. The van der Waals surface area contributed by atoms with Crippen LogP contribution in [0, 0.1) is 0 Å². The number of likely N-dealkylation sites (tertiary alicyclic amines) is 1. The number of carbonyl (C=O) groups excluding carboxylic acids is 1. The van der Waals surface area contributed by atoms with Gasteiger partial charge in [0, 0.05) is 13.1 Å². The number of nitrogens with zero attached hydrogens (tertiary/aromatic N) is 4. The molecule has 3 heterocycles. The number of aromatic nitrogens is 3. The monoisotopic (exact) mass is 362 g/mol. The quantitative estimate of drug-likeness (QED) is 0.697. The van der Waals surface area contributed by atoms with Crippen LogP contribution < -0.4 is 0 Å². The van der Waals surface area contributed by atoms with E-state index >= 15 is 0 Å². The fourth-order valence-electron chi connectivity index (χ4n) is 4.18. The number of carbonyl (C=O) groups is 1. The van der Waals surface area contributed by atoms with Gasteiger partial charge in [0.15, 0.2) is 17.2 Å². The predicted octanol–water partition coefficient (Wildman–Crippen LogP) is 3.52. The molecule has 1 atom stereocenters. The average molecular weight is 362 g/mol. The summed E-state index contributed by atoms with van der Waals surface area (Å²) in [5.74, 6) is 0.822. The zero-order chi connectivity index (χ0) is 18.2. The van der Waals surface area contributed by atoms with Crippen LogP contribution in [0.4, 0.5) is 0 Å². The van der Waals surface area contributed by atoms with Gasteiger partial charge in [-0.3, -0.25) is 4.79 Å². The lowest BCUT2D eigenvalue weighted by atomic mass is 9.95. The molecule has 2 aliphatic rings. The van der Waals surface area contributed by atoms with E-state index < -0.39 is 0 Å². The minimum Gasteiger partial charge on any atom is -0.440 e. The van der Waals surface area contributed by atoms with Crippen molar-refractivity contribution in [2.24, 2.45) is 0 Å². The van der Waals surface area contributed by atoms with Gasteiger partial charge in [0.1, 0.15) is 5.52 Å². The highest BCUT2D eigenvalue weighted by molar-refractivity contribution is 5.92. The second-order valence-electron chi connectivity index (χ2n) is 7.52. The molecule has 2 aromatic heterocycles. The molecule has 3 aromatic rings. The molecule has 1 aliphatic carbocycles. The topological polar surface area (TPSA) is 72.1 Å². The van der Waals surface area contributed by atoms with Gasteiger partial charge in [0.2, 0.25) is 0 Å². The van der Waals surface area contributed by atoms with Crippen molar-refractivity contribution >= 4 is 17.0 Å². The largest absolute Gasteiger partial charge is 0.440 e. The van der Waals surface area contributed by atoms with Gasteiger partial charge in [-0.15, -0.1) is 5.10 Å². The SMILES string of the molecule is O=C(c1cc2c(nn1)CCCC2)N1CCCC(c2nc3ccccc3o2)C1. The molecule has 1 amide bonds. The van der Waals surface area contributed by atoms with Gasteiger partial charge in [-0.25, -0.2) is 4.98 Å². The van der Waals surface area contributed by atoms with E-state index in [1.54, 1.807) is 0 Å².